The lowest BCUT2D eigenvalue weighted by Crippen LogP contribution is -2.53. The summed E-state index contributed by atoms with van der Waals surface area (Å²) in [6.45, 7) is 9.03. The second kappa shape index (κ2) is 13.9. The first kappa shape index (κ1) is 32.8. The van der Waals surface area contributed by atoms with Gasteiger partial charge in [0.25, 0.3) is 5.91 Å². The maximum absolute atomic E-state index is 14.4. The van der Waals surface area contributed by atoms with Crippen LogP contribution in [0, 0.1) is 6.92 Å². The number of hydrazine groups is 1. The second-order valence-corrected chi connectivity index (χ2v) is 13.7. The van der Waals surface area contributed by atoms with E-state index >= 15 is 0 Å². The Kier molecular flexibility index (Phi) is 10.9. The van der Waals surface area contributed by atoms with Gasteiger partial charge in [-0.25, -0.2) is 14.3 Å². The molecule has 3 N–H and O–H groups in total. The largest absolute Gasteiger partial charge is 0.459 e. The fourth-order valence-corrected chi connectivity index (χ4v) is 7.44. The Morgan fingerprint density at radius 2 is 1.60 bits per heavy atom. The number of carbonyl (C=O) groups excluding carboxylic acids is 2. The molecule has 2 atom stereocenters. The van der Waals surface area contributed by atoms with E-state index in [-0.39, 0.29) is 24.2 Å². The Morgan fingerprint density at radius 1 is 0.976 bits per heavy atom. The fourth-order valence-electron chi connectivity index (χ4n) is 5.19. The predicted molar refractivity (Wildman–Crippen MR) is 168 cm³/mol. The molecule has 0 spiro atoms. The molecule has 224 valence electrons. The van der Waals surface area contributed by atoms with Crippen LogP contribution in [-0.4, -0.2) is 25.9 Å². The molecule has 0 radical (unpaired) electrons. The number of amides is 1. The number of nitrogens with two attached hydrogens (primary N) is 1. The Hall–Kier alpha value is -3.75. The van der Waals surface area contributed by atoms with E-state index < -0.39 is 38.0 Å². The van der Waals surface area contributed by atoms with Gasteiger partial charge in [0.15, 0.2) is 14.6 Å². The molecule has 8 heteroatoms. The van der Waals surface area contributed by atoms with Gasteiger partial charge in [-0.05, 0) is 62.8 Å². The van der Waals surface area contributed by atoms with E-state index in [0.717, 1.165) is 11.1 Å². The first-order valence-corrected chi connectivity index (χ1v) is 15.8. The number of carbonyl (C=O) groups is 2. The van der Waals surface area contributed by atoms with E-state index in [1.54, 1.807) is 69.3 Å². The van der Waals surface area contributed by atoms with Gasteiger partial charge in [0.2, 0.25) is 0 Å². The second-order valence-electron chi connectivity index (χ2n) is 11.5. The zero-order valence-electron chi connectivity index (χ0n) is 25.1. The topological polar surface area (TPSA) is 116 Å². The summed E-state index contributed by atoms with van der Waals surface area (Å²) in [6, 6.07) is 23.6. The Labute approximate surface area is 250 Å². The number of ether oxygens (including phenoxy) is 1. The molecule has 1 amide bonds. The van der Waals surface area contributed by atoms with Gasteiger partial charge in [0.05, 0.1) is 11.7 Å². The average molecular weight is 591 g/mol. The van der Waals surface area contributed by atoms with Gasteiger partial charge in [-0.1, -0.05) is 110 Å². The Balaban J connectivity index is 2.28. The smallest absolute Gasteiger partial charge is 0.314 e. The van der Waals surface area contributed by atoms with Crippen molar-refractivity contribution in [2.75, 3.05) is 0 Å². The SMILES string of the molecule is CCC[C@](C(=O)NN)(c1ccc(C)cc1[C@H](C/C=C/c1ccccc1)C(=O)OC(C)(C)C)S(=O)(=O)Cc1ccccc1. The normalized spacial score (nSPS) is 14.2. The number of aryl methyl sites for hydroxylation is 1. The molecule has 0 aliphatic heterocycles. The molecule has 0 aliphatic rings. The molecule has 0 fully saturated rings. The Bertz CT molecular complexity index is 1500. The molecule has 0 saturated heterocycles. The molecule has 42 heavy (non-hydrogen) atoms. The van der Waals surface area contributed by atoms with Gasteiger partial charge in [0, 0.05) is 0 Å². The van der Waals surface area contributed by atoms with E-state index in [9.17, 15) is 18.0 Å². The summed E-state index contributed by atoms with van der Waals surface area (Å²) in [6.07, 6.45) is 4.36. The summed E-state index contributed by atoms with van der Waals surface area (Å²) in [4.78, 5) is 27.6. The van der Waals surface area contributed by atoms with Crippen LogP contribution in [0.4, 0.5) is 0 Å². The van der Waals surface area contributed by atoms with Crippen LogP contribution in [0.3, 0.4) is 0 Å². The standard InChI is InChI=1S/C34H42N2O5S/c1-6-22-34(32(38)36-35,42(39,40)24-27-16-11-8-12-17-27)30-21-20-25(2)23-29(30)28(31(37)41-33(3,4)5)19-13-18-26-14-9-7-10-15-26/h7-18,20-21,23,28H,6,19,22,24,35H2,1-5H3,(H,36,38)/b18-13+/t28-,34+/m0/s1. The summed E-state index contributed by atoms with van der Waals surface area (Å²) < 4.78 is 32.6. The molecule has 0 saturated carbocycles. The van der Waals surface area contributed by atoms with Crippen LogP contribution in [-0.2, 0) is 34.7 Å². The number of esters is 1. The molecule has 0 heterocycles. The van der Waals surface area contributed by atoms with Crippen LogP contribution in [0.1, 0.15) is 80.7 Å². The van der Waals surface area contributed by atoms with Crippen LogP contribution >= 0.6 is 0 Å². The van der Waals surface area contributed by atoms with Gasteiger partial charge in [-0.2, -0.15) is 0 Å². The molecular weight excluding hydrogens is 548 g/mol. The molecule has 3 aromatic rings. The van der Waals surface area contributed by atoms with E-state index in [4.69, 9.17) is 10.6 Å². The highest BCUT2D eigenvalue weighted by atomic mass is 32.2. The number of nitrogens with one attached hydrogen (secondary N) is 1. The van der Waals surface area contributed by atoms with Crippen molar-refractivity contribution < 1.29 is 22.7 Å². The van der Waals surface area contributed by atoms with Crippen molar-refractivity contribution >= 4 is 27.8 Å². The summed E-state index contributed by atoms with van der Waals surface area (Å²) in [7, 11) is -4.22. The van der Waals surface area contributed by atoms with E-state index in [1.165, 1.54) is 0 Å². The van der Waals surface area contributed by atoms with Crippen LogP contribution < -0.4 is 11.3 Å². The van der Waals surface area contributed by atoms with Crippen molar-refractivity contribution in [3.05, 3.63) is 113 Å². The third kappa shape index (κ3) is 7.75. The zero-order valence-corrected chi connectivity index (χ0v) is 25.9. The number of hydrogen-bond donors (Lipinski definition) is 2. The van der Waals surface area contributed by atoms with Crippen molar-refractivity contribution in [2.45, 2.75) is 75.9 Å². The fraction of sp³-hybridized carbons (Fsp3) is 0.353. The lowest BCUT2D eigenvalue weighted by Gasteiger charge is -2.35. The number of hydrogen-bond acceptors (Lipinski definition) is 6. The van der Waals surface area contributed by atoms with Gasteiger partial charge >= 0.3 is 5.97 Å². The van der Waals surface area contributed by atoms with Crippen LogP contribution in [0.2, 0.25) is 0 Å². The van der Waals surface area contributed by atoms with Crippen molar-refractivity contribution in [1.82, 2.24) is 5.43 Å². The lowest BCUT2D eigenvalue weighted by atomic mass is 9.81. The highest BCUT2D eigenvalue weighted by molar-refractivity contribution is 7.92. The van der Waals surface area contributed by atoms with Gasteiger partial charge < -0.3 is 4.74 Å². The number of allylic oxidation sites excluding steroid dienone is 1. The van der Waals surface area contributed by atoms with Crippen molar-refractivity contribution in [3.63, 3.8) is 0 Å². The number of benzene rings is 3. The predicted octanol–water partition coefficient (Wildman–Crippen LogP) is 6.12. The maximum atomic E-state index is 14.4. The van der Waals surface area contributed by atoms with E-state index in [2.05, 4.69) is 5.43 Å². The minimum absolute atomic E-state index is 0.0256. The highest BCUT2D eigenvalue weighted by Gasteiger charge is 2.53. The van der Waals surface area contributed by atoms with Crippen molar-refractivity contribution in [3.8, 4) is 0 Å². The summed E-state index contributed by atoms with van der Waals surface area (Å²) in [5.41, 5.74) is 4.34. The molecular formula is C34H42N2O5S. The molecule has 3 rings (SSSR count). The van der Waals surface area contributed by atoms with Crippen molar-refractivity contribution in [2.24, 2.45) is 5.84 Å². The summed E-state index contributed by atoms with van der Waals surface area (Å²) in [5, 5.41) is 0. The highest BCUT2D eigenvalue weighted by Crippen LogP contribution is 2.43. The van der Waals surface area contributed by atoms with Gasteiger partial charge in [-0.15, -0.1) is 0 Å². The molecule has 0 aromatic heterocycles. The van der Waals surface area contributed by atoms with Crippen LogP contribution in [0.25, 0.3) is 6.08 Å². The molecule has 3 aromatic carbocycles. The minimum Gasteiger partial charge on any atom is -0.459 e. The first-order valence-electron chi connectivity index (χ1n) is 14.2. The Morgan fingerprint density at radius 3 is 2.17 bits per heavy atom. The quantitative estimate of drug-likeness (QED) is 0.114. The van der Waals surface area contributed by atoms with Gasteiger partial charge in [-0.3, -0.25) is 15.0 Å². The summed E-state index contributed by atoms with van der Waals surface area (Å²) in [5.74, 6) is 3.09. The van der Waals surface area contributed by atoms with Gasteiger partial charge in [0.1, 0.15) is 5.60 Å². The van der Waals surface area contributed by atoms with Crippen molar-refractivity contribution in [1.29, 1.82) is 0 Å². The van der Waals surface area contributed by atoms with Crippen LogP contribution in [0.15, 0.2) is 84.9 Å². The lowest BCUT2D eigenvalue weighted by molar-refractivity contribution is -0.156. The maximum Gasteiger partial charge on any atom is 0.314 e. The third-order valence-electron chi connectivity index (χ3n) is 7.02. The summed E-state index contributed by atoms with van der Waals surface area (Å²) >= 11 is 0. The number of rotatable bonds is 12. The van der Waals surface area contributed by atoms with E-state index in [0.29, 0.717) is 17.5 Å². The molecule has 0 aliphatic carbocycles. The molecule has 0 bridgehead atoms. The number of sulfone groups is 1. The molecule has 7 nitrogen and oxygen atoms in total. The average Bonchev–Trinajstić information content (AvgIpc) is 2.93. The van der Waals surface area contributed by atoms with E-state index in [1.807, 2.05) is 56.3 Å². The zero-order chi connectivity index (χ0) is 31.0. The third-order valence-corrected chi connectivity index (χ3v) is 9.41. The van der Waals surface area contributed by atoms with Crippen LogP contribution in [0.5, 0.6) is 0 Å². The monoisotopic (exact) mass is 590 g/mol. The first-order chi connectivity index (χ1) is 19.8. The minimum atomic E-state index is -4.22. The molecule has 0 unspecified atom stereocenters.